The molecule has 0 radical (unpaired) electrons. The second kappa shape index (κ2) is 5.44. The number of nitriles is 1. The van der Waals surface area contributed by atoms with Crippen LogP contribution in [0, 0.1) is 18.3 Å². The van der Waals surface area contributed by atoms with Crippen molar-refractivity contribution in [3.63, 3.8) is 0 Å². The van der Waals surface area contributed by atoms with Crippen molar-refractivity contribution in [2.24, 2.45) is 5.14 Å². The molecule has 0 fully saturated rings. The molecule has 0 bridgehead atoms. The molecule has 0 aromatic heterocycles. The lowest BCUT2D eigenvalue weighted by Crippen LogP contribution is -2.15. The predicted molar refractivity (Wildman–Crippen MR) is 81.4 cm³/mol. The zero-order chi connectivity index (χ0) is 15.6. The number of rotatable bonds is 3. The first kappa shape index (κ1) is 14.8. The van der Waals surface area contributed by atoms with Crippen LogP contribution in [0.2, 0.25) is 0 Å². The van der Waals surface area contributed by atoms with Gasteiger partial charge in [0, 0.05) is 17.1 Å². The van der Waals surface area contributed by atoms with Gasteiger partial charge in [-0.05, 0) is 42.8 Å². The number of sulfonamides is 1. The van der Waals surface area contributed by atoms with Gasteiger partial charge in [0.05, 0.1) is 16.5 Å². The molecule has 0 aliphatic rings. The Labute approximate surface area is 123 Å². The van der Waals surface area contributed by atoms with E-state index in [9.17, 15) is 8.42 Å². The van der Waals surface area contributed by atoms with E-state index in [2.05, 4.69) is 5.32 Å². The van der Waals surface area contributed by atoms with E-state index in [0.29, 0.717) is 22.5 Å². The van der Waals surface area contributed by atoms with Crippen molar-refractivity contribution in [3.8, 4) is 6.07 Å². The van der Waals surface area contributed by atoms with E-state index in [1.54, 1.807) is 37.3 Å². The zero-order valence-electron chi connectivity index (χ0n) is 11.3. The third kappa shape index (κ3) is 3.31. The maximum atomic E-state index is 11.6. The molecule has 7 heteroatoms. The van der Waals surface area contributed by atoms with Crippen molar-refractivity contribution in [2.75, 3.05) is 11.1 Å². The van der Waals surface area contributed by atoms with Crippen molar-refractivity contribution >= 4 is 27.1 Å². The highest BCUT2D eigenvalue weighted by Gasteiger charge is 2.15. The Hall–Kier alpha value is -2.56. The Bertz CT molecular complexity index is 839. The van der Waals surface area contributed by atoms with Gasteiger partial charge in [0.25, 0.3) is 0 Å². The zero-order valence-corrected chi connectivity index (χ0v) is 12.1. The topological polar surface area (TPSA) is 122 Å². The van der Waals surface area contributed by atoms with Crippen molar-refractivity contribution in [1.29, 1.82) is 5.26 Å². The van der Waals surface area contributed by atoms with E-state index in [4.69, 9.17) is 16.1 Å². The van der Waals surface area contributed by atoms with Gasteiger partial charge in [0.1, 0.15) is 0 Å². The molecule has 2 aromatic carbocycles. The molecule has 0 aliphatic heterocycles. The van der Waals surface area contributed by atoms with Crippen LogP contribution in [0.15, 0.2) is 41.3 Å². The first-order valence-corrected chi connectivity index (χ1v) is 7.56. The van der Waals surface area contributed by atoms with Gasteiger partial charge in [0.2, 0.25) is 10.0 Å². The fourth-order valence-corrected chi connectivity index (χ4v) is 2.79. The summed E-state index contributed by atoms with van der Waals surface area (Å²) in [6, 6.07) is 11.8. The average molecular weight is 302 g/mol. The van der Waals surface area contributed by atoms with Crippen LogP contribution < -0.4 is 16.2 Å². The van der Waals surface area contributed by atoms with Gasteiger partial charge in [-0.25, -0.2) is 13.6 Å². The van der Waals surface area contributed by atoms with Crippen LogP contribution in [0.1, 0.15) is 11.1 Å². The standard InChI is InChI=1S/C14H14N4O2S/c1-9-13(6-11(16)7-14(9)21(17,19)20)18-12-4-2-3-10(5-12)8-15/h2-7,18H,16H2,1H3,(H2,17,19,20). The molecule has 5 N–H and O–H groups in total. The van der Waals surface area contributed by atoms with Crippen LogP contribution in [0.4, 0.5) is 17.1 Å². The second-order valence-electron chi connectivity index (χ2n) is 4.55. The van der Waals surface area contributed by atoms with Gasteiger partial charge < -0.3 is 11.1 Å². The molecule has 2 aromatic rings. The number of hydrogen-bond acceptors (Lipinski definition) is 5. The highest BCUT2D eigenvalue weighted by molar-refractivity contribution is 7.89. The Kier molecular flexibility index (Phi) is 3.84. The Morgan fingerprint density at radius 1 is 1.24 bits per heavy atom. The largest absolute Gasteiger partial charge is 0.399 e. The molecule has 0 atom stereocenters. The first-order valence-electron chi connectivity index (χ1n) is 6.01. The van der Waals surface area contributed by atoms with Gasteiger partial charge in [-0.15, -0.1) is 0 Å². The van der Waals surface area contributed by atoms with E-state index in [1.807, 2.05) is 6.07 Å². The molecule has 2 rings (SSSR count). The van der Waals surface area contributed by atoms with E-state index in [0.717, 1.165) is 0 Å². The summed E-state index contributed by atoms with van der Waals surface area (Å²) < 4.78 is 23.1. The summed E-state index contributed by atoms with van der Waals surface area (Å²) in [7, 11) is -3.86. The number of nitrogens with zero attached hydrogens (tertiary/aromatic N) is 1. The van der Waals surface area contributed by atoms with E-state index in [-0.39, 0.29) is 10.6 Å². The first-order chi connectivity index (χ1) is 9.81. The minimum Gasteiger partial charge on any atom is -0.399 e. The summed E-state index contributed by atoms with van der Waals surface area (Å²) in [5, 5.41) is 17.1. The monoisotopic (exact) mass is 302 g/mol. The van der Waals surface area contributed by atoms with Gasteiger partial charge in [-0.3, -0.25) is 0 Å². The molecule has 0 unspecified atom stereocenters. The lowest BCUT2D eigenvalue weighted by Gasteiger charge is -2.14. The number of primary sulfonamides is 1. The Morgan fingerprint density at radius 3 is 2.57 bits per heavy atom. The number of benzene rings is 2. The van der Waals surface area contributed by atoms with E-state index >= 15 is 0 Å². The molecule has 0 aliphatic carbocycles. The predicted octanol–water partition coefficient (Wildman–Crippen LogP) is 1.84. The third-order valence-corrected chi connectivity index (χ3v) is 4.00. The molecule has 0 spiro atoms. The van der Waals surface area contributed by atoms with Crippen molar-refractivity contribution in [1.82, 2.24) is 0 Å². The molecule has 21 heavy (non-hydrogen) atoms. The van der Waals surface area contributed by atoms with E-state index in [1.165, 1.54) is 6.07 Å². The molecule has 108 valence electrons. The lowest BCUT2D eigenvalue weighted by atomic mass is 10.1. The van der Waals surface area contributed by atoms with Crippen LogP contribution in [-0.2, 0) is 10.0 Å². The van der Waals surface area contributed by atoms with Crippen molar-refractivity contribution in [2.45, 2.75) is 11.8 Å². The normalized spacial score (nSPS) is 10.9. The number of nitrogens with one attached hydrogen (secondary N) is 1. The molecule has 0 heterocycles. The minimum absolute atomic E-state index is 0.0264. The summed E-state index contributed by atoms with van der Waals surface area (Å²) in [6.45, 7) is 1.63. The Balaban J connectivity index is 2.50. The fourth-order valence-electron chi connectivity index (χ4n) is 1.96. The fraction of sp³-hybridized carbons (Fsp3) is 0.0714. The summed E-state index contributed by atoms with van der Waals surface area (Å²) in [5.41, 5.74) is 8.14. The molecule has 0 amide bonds. The molecule has 0 saturated heterocycles. The molecule has 0 saturated carbocycles. The quantitative estimate of drug-likeness (QED) is 0.747. The minimum atomic E-state index is -3.86. The second-order valence-corrected chi connectivity index (χ2v) is 6.08. The Morgan fingerprint density at radius 2 is 1.95 bits per heavy atom. The van der Waals surface area contributed by atoms with Crippen molar-refractivity contribution < 1.29 is 8.42 Å². The number of nitrogen functional groups attached to an aromatic ring is 1. The van der Waals surface area contributed by atoms with E-state index < -0.39 is 10.0 Å². The number of anilines is 3. The van der Waals surface area contributed by atoms with Gasteiger partial charge in [-0.1, -0.05) is 6.07 Å². The van der Waals surface area contributed by atoms with Crippen LogP contribution in [-0.4, -0.2) is 8.42 Å². The maximum absolute atomic E-state index is 11.6. The smallest absolute Gasteiger partial charge is 0.238 e. The lowest BCUT2D eigenvalue weighted by molar-refractivity contribution is 0.597. The third-order valence-electron chi connectivity index (χ3n) is 2.96. The summed E-state index contributed by atoms with van der Waals surface area (Å²) in [5.74, 6) is 0. The van der Waals surface area contributed by atoms with Crippen LogP contribution in [0.5, 0.6) is 0 Å². The molecular formula is C14H14N4O2S. The van der Waals surface area contributed by atoms with Crippen LogP contribution in [0.25, 0.3) is 0 Å². The molecular weight excluding hydrogens is 288 g/mol. The van der Waals surface area contributed by atoms with Crippen molar-refractivity contribution in [3.05, 3.63) is 47.5 Å². The van der Waals surface area contributed by atoms with Gasteiger partial charge in [-0.2, -0.15) is 5.26 Å². The summed E-state index contributed by atoms with van der Waals surface area (Å²) >= 11 is 0. The maximum Gasteiger partial charge on any atom is 0.238 e. The van der Waals surface area contributed by atoms with Gasteiger partial charge in [0.15, 0.2) is 0 Å². The highest BCUT2D eigenvalue weighted by Crippen LogP contribution is 2.28. The molecule has 6 nitrogen and oxygen atoms in total. The van der Waals surface area contributed by atoms with Crippen LogP contribution >= 0.6 is 0 Å². The SMILES string of the molecule is Cc1c(Nc2cccc(C#N)c2)cc(N)cc1S(N)(=O)=O. The number of hydrogen-bond donors (Lipinski definition) is 3. The van der Waals surface area contributed by atoms with Gasteiger partial charge >= 0.3 is 0 Å². The summed E-state index contributed by atoms with van der Waals surface area (Å²) in [4.78, 5) is -0.0264. The highest BCUT2D eigenvalue weighted by atomic mass is 32.2. The summed E-state index contributed by atoms with van der Waals surface area (Å²) in [6.07, 6.45) is 0. The average Bonchev–Trinajstić information content (AvgIpc) is 2.41. The van der Waals surface area contributed by atoms with Crippen LogP contribution in [0.3, 0.4) is 0 Å². The number of nitrogens with two attached hydrogens (primary N) is 2.